The van der Waals surface area contributed by atoms with E-state index >= 15 is 0 Å². The number of rotatable bonds is 12. The van der Waals surface area contributed by atoms with Gasteiger partial charge in [-0.05, 0) is 83.1 Å². The third kappa shape index (κ3) is 42.4. The number of benzene rings is 4. The van der Waals surface area contributed by atoms with Crippen molar-refractivity contribution in [1.82, 2.24) is 0 Å². The smallest absolute Gasteiger partial charge is 0.872 e. The molecular weight excluding hydrogens is 897 g/mol. The van der Waals surface area contributed by atoms with Crippen LogP contribution >= 0.6 is 0 Å². The van der Waals surface area contributed by atoms with Gasteiger partial charge in [0, 0.05) is 56.9 Å². The molecule has 0 aliphatic heterocycles. The Balaban J connectivity index is -0.000000157. The van der Waals surface area contributed by atoms with Crippen LogP contribution in [0.15, 0.2) is 48.5 Å². The zero-order valence-corrected chi connectivity index (χ0v) is 49.0. The number of methoxy groups -OCH3 is 8. The van der Waals surface area contributed by atoms with E-state index in [1.54, 1.807) is 56.9 Å². The van der Waals surface area contributed by atoms with Gasteiger partial charge < -0.3 is 58.3 Å². The Morgan fingerprint density at radius 1 is 0.242 bits per heavy atom. The number of hydrogen-bond donors (Lipinski definition) is 0. The van der Waals surface area contributed by atoms with E-state index in [1.165, 1.54) is 0 Å². The van der Waals surface area contributed by atoms with Crippen LogP contribution in [-0.2, 0) is 37.9 Å². The van der Waals surface area contributed by atoms with E-state index in [1.807, 2.05) is 132 Å². The molecule has 0 saturated heterocycles. The molecule has 0 spiro atoms. The molecule has 0 saturated carbocycles. The van der Waals surface area contributed by atoms with Crippen LogP contribution in [0.4, 0.5) is 0 Å². The summed E-state index contributed by atoms with van der Waals surface area (Å²) in [6.07, 6.45) is 0. The Labute approximate surface area is 460 Å². The van der Waals surface area contributed by atoms with Crippen molar-refractivity contribution >= 4 is 75.5 Å². The summed E-state index contributed by atoms with van der Waals surface area (Å²) >= 11 is 0. The first-order chi connectivity index (χ1) is 30.1. The molecule has 4 aromatic rings. The first-order valence-corrected chi connectivity index (χ1v) is 21.0. The summed E-state index contributed by atoms with van der Waals surface area (Å²) in [5.74, 6) is 0.687. The van der Waals surface area contributed by atoms with E-state index in [4.69, 9.17) is 0 Å². The summed E-state index contributed by atoms with van der Waals surface area (Å²) in [5.41, 5.74) is 11.4. The van der Waals surface area contributed by atoms with E-state index in [9.17, 15) is 20.4 Å². The summed E-state index contributed by atoms with van der Waals surface area (Å²) in [7, 11) is 13.2. The molecule has 0 unspecified atom stereocenters. The molecule has 0 heterocycles. The Morgan fingerprint density at radius 3 is 0.409 bits per heavy atom. The minimum absolute atomic E-state index is 0. The molecule has 12 nitrogen and oxygen atoms in total. The van der Waals surface area contributed by atoms with Crippen LogP contribution in [0.3, 0.4) is 0 Å². The third-order valence-electron chi connectivity index (χ3n) is 8.38. The minimum atomic E-state index is 0. The summed E-state index contributed by atoms with van der Waals surface area (Å²) in [6, 6.07) is 15.3. The first-order valence-electron chi connectivity index (χ1n) is 21.0. The van der Waals surface area contributed by atoms with Gasteiger partial charge in [0.15, 0.2) is 0 Å². The van der Waals surface area contributed by atoms with Crippen molar-refractivity contribution in [1.29, 1.82) is 0 Å². The third-order valence-corrected chi connectivity index (χ3v) is 8.38. The maximum atomic E-state index is 11.1. The fraction of sp³-hybridized carbons (Fsp3) is 0.538. The molecular formula is C52H84Ca2O12. The largest absolute Gasteiger partial charge is 2.00 e. The van der Waals surface area contributed by atoms with Crippen molar-refractivity contribution in [3.05, 3.63) is 115 Å². The molecule has 0 aromatic heterocycles. The molecule has 368 valence electrons. The fourth-order valence-electron chi connectivity index (χ4n) is 5.33. The molecule has 0 bridgehead atoms. The van der Waals surface area contributed by atoms with Crippen molar-refractivity contribution < 1.29 is 58.3 Å². The summed E-state index contributed by atoms with van der Waals surface area (Å²) < 4.78 is 37.3. The van der Waals surface area contributed by atoms with E-state index in [-0.39, 0.29) is 98.5 Å². The van der Waals surface area contributed by atoms with Crippen molar-refractivity contribution in [2.24, 2.45) is 0 Å². The van der Waals surface area contributed by atoms with Gasteiger partial charge in [0.2, 0.25) is 0 Å². The van der Waals surface area contributed by atoms with Crippen LogP contribution in [0.5, 0.6) is 23.0 Å². The molecule has 4 aromatic carbocycles. The molecule has 0 aliphatic rings. The molecule has 14 heteroatoms. The standard InChI is InChI=1S/4C9H12O.4C4H10O2.2Ca/c4*1-6-4-7(2)9(10)8(3)5-6;4*1-5-3-4-6-2;;/h4*4-5,10H,1-3H3;4*3-4H2,1-2H3;;/q;;;;;;;;2*+2/p-4. The second kappa shape index (κ2) is 49.7. The van der Waals surface area contributed by atoms with Gasteiger partial charge in [-0.3, -0.25) is 0 Å². The first kappa shape index (κ1) is 75.8. The van der Waals surface area contributed by atoms with Gasteiger partial charge in [-0.15, -0.1) is 23.0 Å². The predicted molar refractivity (Wildman–Crippen MR) is 267 cm³/mol. The summed E-state index contributed by atoms with van der Waals surface area (Å²) in [5, 5.41) is 44.5. The normalized spacial score (nSPS) is 9.27. The molecule has 4 rings (SSSR count). The fourth-order valence-corrected chi connectivity index (χ4v) is 5.33. The second-order valence-corrected chi connectivity index (χ2v) is 14.9. The zero-order valence-electron chi connectivity index (χ0n) is 44.6. The van der Waals surface area contributed by atoms with Crippen LogP contribution in [0.25, 0.3) is 0 Å². The second-order valence-electron chi connectivity index (χ2n) is 14.9. The maximum absolute atomic E-state index is 11.1. The SMILES string of the molecule is COCCOC.COCCOC.COCCOC.COCCOC.Cc1cc(C)c([O-])c(C)c1.Cc1cc(C)c([O-])c(C)c1.Cc1cc(C)c([O-])c(C)c1.Cc1cc(C)c([O-])c(C)c1.[Ca+2].[Ca+2]. The van der Waals surface area contributed by atoms with Gasteiger partial charge in [0.1, 0.15) is 0 Å². The average molecular weight is 981 g/mol. The summed E-state index contributed by atoms with van der Waals surface area (Å²) in [4.78, 5) is 0. The number of hydrogen-bond acceptors (Lipinski definition) is 12. The molecule has 0 N–H and O–H groups in total. The minimum Gasteiger partial charge on any atom is -0.872 e. The molecule has 0 aliphatic carbocycles. The monoisotopic (exact) mass is 981 g/mol. The van der Waals surface area contributed by atoms with E-state index in [0.29, 0.717) is 52.9 Å². The number of aryl methyl sites for hydroxylation is 12. The van der Waals surface area contributed by atoms with Gasteiger partial charge in [0.25, 0.3) is 0 Å². The van der Waals surface area contributed by atoms with Gasteiger partial charge >= 0.3 is 75.5 Å². The molecule has 66 heavy (non-hydrogen) atoms. The zero-order chi connectivity index (χ0) is 50.2. The Morgan fingerprint density at radius 2 is 0.333 bits per heavy atom. The van der Waals surface area contributed by atoms with Gasteiger partial charge in [-0.2, -0.15) is 0 Å². The average Bonchev–Trinajstić information content (AvgIpc) is 3.24. The van der Waals surface area contributed by atoms with Crippen molar-refractivity contribution in [3.8, 4) is 23.0 Å². The van der Waals surface area contributed by atoms with Crippen molar-refractivity contribution in [3.63, 3.8) is 0 Å². The van der Waals surface area contributed by atoms with Gasteiger partial charge in [-0.1, -0.05) is 115 Å². The van der Waals surface area contributed by atoms with Crippen LogP contribution < -0.4 is 20.4 Å². The van der Waals surface area contributed by atoms with Crippen LogP contribution in [-0.4, -0.2) is 185 Å². The van der Waals surface area contributed by atoms with Gasteiger partial charge in [0.05, 0.1) is 52.9 Å². The number of ether oxygens (including phenoxy) is 8. The molecule has 0 amide bonds. The van der Waals surface area contributed by atoms with Crippen LogP contribution in [0, 0.1) is 83.1 Å². The Hall–Kier alpha value is -1.72. The van der Waals surface area contributed by atoms with Crippen LogP contribution in [0.2, 0.25) is 0 Å². The van der Waals surface area contributed by atoms with Gasteiger partial charge in [-0.25, -0.2) is 0 Å². The van der Waals surface area contributed by atoms with Crippen molar-refractivity contribution in [2.75, 3.05) is 110 Å². The quantitative estimate of drug-likeness (QED) is 0.105. The maximum Gasteiger partial charge on any atom is 2.00 e. The predicted octanol–water partition coefficient (Wildman–Crippen LogP) is 7.10. The van der Waals surface area contributed by atoms with Crippen molar-refractivity contribution in [2.45, 2.75) is 83.1 Å². The van der Waals surface area contributed by atoms with E-state index in [2.05, 4.69) is 37.9 Å². The molecule has 0 radical (unpaired) electrons. The Bertz CT molecular complexity index is 1390. The molecule has 0 atom stereocenters. The van der Waals surface area contributed by atoms with Crippen LogP contribution in [0.1, 0.15) is 66.8 Å². The summed E-state index contributed by atoms with van der Waals surface area (Å²) in [6.45, 7) is 28.3. The topological polar surface area (TPSA) is 166 Å². The Kier molecular flexibility index (Phi) is 57.1. The van der Waals surface area contributed by atoms with E-state index < -0.39 is 0 Å². The molecule has 0 fully saturated rings. The van der Waals surface area contributed by atoms with E-state index in [0.717, 1.165) is 66.8 Å².